The van der Waals surface area contributed by atoms with Gasteiger partial charge in [-0.2, -0.15) is 4.31 Å². The molecule has 6 nitrogen and oxygen atoms in total. The van der Waals surface area contributed by atoms with Crippen molar-refractivity contribution >= 4 is 26.9 Å². The molecular weight excluding hydrogens is 388 g/mol. The van der Waals surface area contributed by atoms with Gasteiger partial charge in [0.2, 0.25) is 10.0 Å². The van der Waals surface area contributed by atoms with E-state index in [0.29, 0.717) is 29.6 Å². The van der Waals surface area contributed by atoms with Crippen LogP contribution in [0.25, 0.3) is 11.0 Å². The second kappa shape index (κ2) is 7.65. The number of aryl methyl sites for hydroxylation is 1. The molecule has 0 aliphatic carbocycles. The molecule has 1 N–H and O–H groups in total. The van der Waals surface area contributed by atoms with E-state index in [-0.39, 0.29) is 22.6 Å². The topological polar surface area (TPSA) is 79.6 Å². The van der Waals surface area contributed by atoms with Crippen molar-refractivity contribution in [1.29, 1.82) is 0 Å². The zero-order valence-electron chi connectivity index (χ0n) is 16.5. The Hall–Kier alpha value is -2.64. The number of sulfonamides is 1. The highest BCUT2D eigenvalue weighted by molar-refractivity contribution is 7.89. The third kappa shape index (κ3) is 3.68. The molecule has 1 fully saturated rings. The fraction of sp³-hybridized carbons (Fsp3) is 0.318. The Morgan fingerprint density at radius 3 is 2.48 bits per heavy atom. The van der Waals surface area contributed by atoms with Crippen molar-refractivity contribution in [3.05, 3.63) is 65.4 Å². The summed E-state index contributed by atoms with van der Waals surface area (Å²) in [5.41, 5.74) is 2.13. The lowest BCUT2D eigenvalue weighted by Crippen LogP contribution is -2.27. The van der Waals surface area contributed by atoms with E-state index in [1.54, 1.807) is 25.1 Å². The van der Waals surface area contributed by atoms with Gasteiger partial charge in [0.25, 0.3) is 5.91 Å². The van der Waals surface area contributed by atoms with Crippen molar-refractivity contribution < 1.29 is 17.6 Å². The fourth-order valence-electron chi connectivity index (χ4n) is 3.74. The summed E-state index contributed by atoms with van der Waals surface area (Å²) < 4.78 is 33.0. The molecule has 3 aromatic rings. The molecule has 2 heterocycles. The molecule has 4 rings (SSSR count). The zero-order valence-corrected chi connectivity index (χ0v) is 17.3. The van der Waals surface area contributed by atoms with Crippen LogP contribution in [-0.4, -0.2) is 31.7 Å². The predicted octanol–water partition coefficient (Wildman–Crippen LogP) is 4.02. The third-order valence-corrected chi connectivity index (χ3v) is 7.36. The van der Waals surface area contributed by atoms with Crippen LogP contribution < -0.4 is 5.32 Å². The predicted molar refractivity (Wildman–Crippen MR) is 111 cm³/mol. The molecule has 1 aliphatic heterocycles. The Morgan fingerprint density at radius 1 is 1.10 bits per heavy atom. The summed E-state index contributed by atoms with van der Waals surface area (Å²) in [7, 11) is -3.52. The summed E-state index contributed by atoms with van der Waals surface area (Å²) in [6.45, 7) is 4.79. The number of amides is 1. The Labute approximate surface area is 170 Å². The average molecular weight is 413 g/mol. The number of hydrogen-bond donors (Lipinski definition) is 1. The van der Waals surface area contributed by atoms with Crippen LogP contribution in [0.5, 0.6) is 0 Å². The summed E-state index contributed by atoms with van der Waals surface area (Å²) in [6, 6.07) is 14.3. The van der Waals surface area contributed by atoms with Gasteiger partial charge in [0.05, 0.1) is 10.9 Å². The normalized spacial score (nSPS) is 16.2. The van der Waals surface area contributed by atoms with Crippen LogP contribution in [0.2, 0.25) is 0 Å². The van der Waals surface area contributed by atoms with E-state index in [1.807, 2.05) is 37.3 Å². The van der Waals surface area contributed by atoms with E-state index in [4.69, 9.17) is 4.42 Å². The number of benzene rings is 2. The highest BCUT2D eigenvalue weighted by atomic mass is 32.2. The Balaban J connectivity index is 1.63. The molecule has 1 aliphatic rings. The van der Waals surface area contributed by atoms with E-state index in [9.17, 15) is 13.2 Å². The summed E-state index contributed by atoms with van der Waals surface area (Å²) in [5, 5.41) is 3.59. The highest BCUT2D eigenvalue weighted by Gasteiger charge is 2.28. The number of rotatable bonds is 5. The van der Waals surface area contributed by atoms with Crippen LogP contribution >= 0.6 is 0 Å². The molecule has 0 bridgehead atoms. The van der Waals surface area contributed by atoms with Crippen molar-refractivity contribution in [1.82, 2.24) is 9.62 Å². The monoisotopic (exact) mass is 412 g/mol. The molecule has 1 amide bonds. The van der Waals surface area contributed by atoms with E-state index in [0.717, 1.165) is 18.4 Å². The van der Waals surface area contributed by atoms with Gasteiger partial charge in [0.1, 0.15) is 5.58 Å². The second-order valence-corrected chi connectivity index (χ2v) is 9.37. The van der Waals surface area contributed by atoms with Gasteiger partial charge in [0.15, 0.2) is 5.76 Å². The van der Waals surface area contributed by atoms with Gasteiger partial charge >= 0.3 is 0 Å². The molecule has 0 saturated carbocycles. The van der Waals surface area contributed by atoms with Crippen LogP contribution in [0.1, 0.15) is 47.5 Å². The van der Waals surface area contributed by atoms with Crippen LogP contribution in [-0.2, 0) is 10.0 Å². The standard InChI is InChI=1S/C22H24N2O4S/c1-15-19-14-18(29(26,27)24-12-6-7-13-24)10-11-20(19)28-21(15)22(25)23-16(2)17-8-4-3-5-9-17/h3-5,8-11,14,16H,6-7,12-13H2,1-2H3,(H,23,25). The van der Waals surface area contributed by atoms with Crippen molar-refractivity contribution in [3.63, 3.8) is 0 Å². The lowest BCUT2D eigenvalue weighted by atomic mass is 10.1. The lowest BCUT2D eigenvalue weighted by molar-refractivity contribution is 0.0913. The van der Waals surface area contributed by atoms with Crippen molar-refractivity contribution in [2.24, 2.45) is 0 Å². The van der Waals surface area contributed by atoms with Crippen LogP contribution in [0.15, 0.2) is 57.8 Å². The molecule has 152 valence electrons. The van der Waals surface area contributed by atoms with Gasteiger partial charge in [-0.3, -0.25) is 4.79 Å². The summed E-state index contributed by atoms with van der Waals surface area (Å²) in [6.07, 6.45) is 1.77. The number of carbonyl (C=O) groups is 1. The van der Waals surface area contributed by atoms with Crippen LogP contribution in [0.3, 0.4) is 0 Å². The van der Waals surface area contributed by atoms with Gasteiger partial charge in [-0.25, -0.2) is 8.42 Å². The maximum atomic E-state index is 12.8. The quantitative estimate of drug-likeness (QED) is 0.686. The largest absolute Gasteiger partial charge is 0.451 e. The van der Waals surface area contributed by atoms with Crippen LogP contribution in [0.4, 0.5) is 0 Å². The number of fused-ring (bicyclic) bond motifs is 1. The van der Waals surface area contributed by atoms with Crippen LogP contribution in [0, 0.1) is 6.92 Å². The smallest absolute Gasteiger partial charge is 0.287 e. The molecule has 1 atom stereocenters. The number of nitrogens with one attached hydrogen (secondary N) is 1. The van der Waals surface area contributed by atoms with E-state index in [2.05, 4.69) is 5.32 Å². The summed E-state index contributed by atoms with van der Waals surface area (Å²) >= 11 is 0. The Morgan fingerprint density at radius 2 is 1.79 bits per heavy atom. The summed E-state index contributed by atoms with van der Waals surface area (Å²) in [5.74, 6) is -0.113. The lowest BCUT2D eigenvalue weighted by Gasteiger charge is -2.15. The van der Waals surface area contributed by atoms with Gasteiger partial charge < -0.3 is 9.73 Å². The second-order valence-electron chi connectivity index (χ2n) is 7.43. The molecule has 7 heteroatoms. The molecule has 0 radical (unpaired) electrons. The van der Waals surface area contributed by atoms with E-state index < -0.39 is 10.0 Å². The van der Waals surface area contributed by atoms with Crippen molar-refractivity contribution in [2.45, 2.75) is 37.6 Å². The maximum absolute atomic E-state index is 12.8. The first-order valence-electron chi connectivity index (χ1n) is 9.77. The zero-order chi connectivity index (χ0) is 20.6. The first-order valence-corrected chi connectivity index (χ1v) is 11.2. The van der Waals surface area contributed by atoms with Crippen molar-refractivity contribution in [2.75, 3.05) is 13.1 Å². The summed E-state index contributed by atoms with van der Waals surface area (Å²) in [4.78, 5) is 13.0. The number of hydrogen-bond acceptors (Lipinski definition) is 4. The van der Waals surface area contributed by atoms with E-state index >= 15 is 0 Å². The Bertz CT molecular complexity index is 1150. The first-order chi connectivity index (χ1) is 13.9. The molecule has 1 aromatic heterocycles. The molecule has 0 spiro atoms. The molecule has 1 unspecified atom stereocenters. The maximum Gasteiger partial charge on any atom is 0.287 e. The SMILES string of the molecule is Cc1c(C(=O)NC(C)c2ccccc2)oc2ccc(S(=O)(=O)N3CCCC3)cc12. The Kier molecular flexibility index (Phi) is 5.19. The third-order valence-electron chi connectivity index (χ3n) is 5.46. The fourth-order valence-corrected chi connectivity index (χ4v) is 5.29. The molecule has 1 saturated heterocycles. The molecule has 2 aromatic carbocycles. The number of carbonyl (C=O) groups excluding carboxylic acids is 1. The number of furan rings is 1. The van der Waals surface area contributed by atoms with Gasteiger partial charge in [-0.05, 0) is 50.5 Å². The molecular formula is C22H24N2O4S. The first kappa shape index (κ1) is 19.7. The highest BCUT2D eigenvalue weighted by Crippen LogP contribution is 2.30. The minimum atomic E-state index is -3.52. The van der Waals surface area contributed by atoms with Crippen molar-refractivity contribution in [3.8, 4) is 0 Å². The number of nitrogens with zero attached hydrogens (tertiary/aromatic N) is 1. The van der Waals surface area contributed by atoms with E-state index in [1.165, 1.54) is 4.31 Å². The molecule has 29 heavy (non-hydrogen) atoms. The van der Waals surface area contributed by atoms with Gasteiger partial charge in [-0.1, -0.05) is 30.3 Å². The average Bonchev–Trinajstić information content (AvgIpc) is 3.37. The van der Waals surface area contributed by atoms with Gasteiger partial charge in [0, 0.05) is 24.0 Å². The van der Waals surface area contributed by atoms with Gasteiger partial charge in [-0.15, -0.1) is 0 Å². The minimum Gasteiger partial charge on any atom is -0.451 e. The minimum absolute atomic E-state index is 0.178.